The Hall–Kier alpha value is -4.39. The largest absolute Gasteiger partial charge is 0.489 e. The molecule has 1 amide bonds. The molecule has 1 unspecified atom stereocenters. The van der Waals surface area contributed by atoms with Crippen molar-refractivity contribution >= 4 is 16.1 Å². The zero-order valence-corrected chi connectivity index (χ0v) is 30.8. The fourth-order valence-electron chi connectivity index (χ4n) is 6.84. The van der Waals surface area contributed by atoms with E-state index in [0.29, 0.717) is 56.1 Å². The lowest BCUT2D eigenvalue weighted by atomic mass is 9.87. The smallest absolute Gasteiger partial charge is 0.407 e. The lowest BCUT2D eigenvalue weighted by molar-refractivity contribution is -0.0907. The number of nitrogens with zero attached hydrogens (tertiary/aromatic N) is 2. The van der Waals surface area contributed by atoms with Gasteiger partial charge in [0, 0.05) is 25.6 Å². The molecule has 0 aromatic heterocycles. The Bertz CT molecular complexity index is 1830. The van der Waals surface area contributed by atoms with Gasteiger partial charge in [0.15, 0.2) is 17.8 Å². The summed E-state index contributed by atoms with van der Waals surface area (Å²) in [5.41, 5.74) is 1.25. The quantitative estimate of drug-likeness (QED) is 0.175. The molecule has 2 N–H and O–H groups in total. The van der Waals surface area contributed by atoms with Crippen LogP contribution in [-0.2, 0) is 37.3 Å². The number of fused-ring (bicyclic) bond motifs is 2. The number of amides is 1. The topological polar surface area (TPSA) is 166 Å². The molecule has 13 nitrogen and oxygen atoms in total. The summed E-state index contributed by atoms with van der Waals surface area (Å²) in [6.45, 7) is 4.65. The third kappa shape index (κ3) is 9.98. The van der Waals surface area contributed by atoms with E-state index in [2.05, 4.69) is 11.4 Å². The van der Waals surface area contributed by atoms with Gasteiger partial charge in [-0.05, 0) is 66.5 Å². The van der Waals surface area contributed by atoms with E-state index in [-0.39, 0.29) is 43.7 Å². The van der Waals surface area contributed by atoms with Crippen LogP contribution in [0, 0.1) is 22.7 Å². The molecule has 0 radical (unpaired) electrons. The van der Waals surface area contributed by atoms with Crippen LogP contribution in [0.1, 0.15) is 50.7 Å². The molecule has 3 heterocycles. The van der Waals surface area contributed by atoms with Gasteiger partial charge in [0.05, 0.1) is 42.2 Å². The second kappa shape index (κ2) is 17.2. The Morgan fingerprint density at radius 1 is 1.06 bits per heavy atom. The van der Waals surface area contributed by atoms with Gasteiger partial charge in [-0.1, -0.05) is 56.3 Å². The molecule has 0 bridgehead atoms. The van der Waals surface area contributed by atoms with Crippen LogP contribution in [0.2, 0.25) is 0 Å². The first-order chi connectivity index (χ1) is 25.5. The molecule has 3 aliphatic rings. The van der Waals surface area contributed by atoms with Crippen molar-refractivity contribution in [3.05, 3.63) is 83.9 Å². The monoisotopic (exact) mass is 749 g/mol. The number of nitrogens with one attached hydrogen (secondary N) is 1. The van der Waals surface area contributed by atoms with Crippen molar-refractivity contribution in [3.63, 3.8) is 0 Å². The molecule has 5 atom stereocenters. The molecule has 0 saturated carbocycles. The fraction of sp³-hybridized carbons (Fsp3) is 0.487. The van der Waals surface area contributed by atoms with Gasteiger partial charge in [-0.25, -0.2) is 13.2 Å². The highest BCUT2D eigenvalue weighted by Gasteiger charge is 2.44. The second-order valence-electron chi connectivity index (χ2n) is 14.4. The molecule has 6 rings (SSSR count). The van der Waals surface area contributed by atoms with E-state index >= 15 is 0 Å². The number of hydrogen-bond donors (Lipinski definition) is 2. The highest BCUT2D eigenvalue weighted by Crippen LogP contribution is 2.36. The van der Waals surface area contributed by atoms with Gasteiger partial charge in [0.1, 0.15) is 18.5 Å². The number of benzene rings is 3. The van der Waals surface area contributed by atoms with E-state index < -0.39 is 46.1 Å². The van der Waals surface area contributed by atoms with Crippen molar-refractivity contribution in [1.82, 2.24) is 9.62 Å². The van der Waals surface area contributed by atoms with Crippen molar-refractivity contribution in [2.45, 2.75) is 82.0 Å². The first kappa shape index (κ1) is 38.3. The molecule has 2 fully saturated rings. The number of aliphatic hydroxyl groups excluding tert-OH is 1. The van der Waals surface area contributed by atoms with Crippen LogP contribution in [0.3, 0.4) is 0 Å². The van der Waals surface area contributed by atoms with Crippen LogP contribution < -0.4 is 19.5 Å². The Balaban J connectivity index is 1.22. The van der Waals surface area contributed by atoms with Crippen LogP contribution in [0.15, 0.2) is 77.7 Å². The summed E-state index contributed by atoms with van der Waals surface area (Å²) in [5.74, 6) is 1.31. The molecule has 3 aromatic carbocycles. The number of nitriles is 1. The number of carbonyl (C=O) groups is 1. The van der Waals surface area contributed by atoms with Crippen molar-refractivity contribution in [2.75, 3.05) is 33.1 Å². The standard InChI is InChI=1S/C39H47N3O10S/c1-39(2,17-6-7-18-40)25-42(53(45,46)30-14-15-34-35(21-30)51-26-50-34)22-33(43)32(41-38(44)52-36-24-49-37-31(36)16-19-47-37)20-27-10-12-29(13-11-27)48-23-28-8-4-3-5-9-28/h3-5,8-15,21,31-33,36-37,43H,6-7,16-17,19-20,22-26H2,1-2H3,(H,41,44)/t31-,32-,33+,36?,37+/m0/s1. The maximum absolute atomic E-state index is 14.3. The summed E-state index contributed by atoms with van der Waals surface area (Å²) >= 11 is 0. The Kier molecular flexibility index (Phi) is 12.4. The van der Waals surface area contributed by atoms with E-state index in [4.69, 9.17) is 33.7 Å². The summed E-state index contributed by atoms with van der Waals surface area (Å²) in [7, 11) is -4.20. The number of aliphatic hydroxyl groups is 1. The molecule has 0 aliphatic carbocycles. The Morgan fingerprint density at radius 2 is 1.83 bits per heavy atom. The second-order valence-corrected chi connectivity index (χ2v) is 16.3. The first-order valence-electron chi connectivity index (χ1n) is 17.9. The highest BCUT2D eigenvalue weighted by molar-refractivity contribution is 7.89. The zero-order chi connectivity index (χ0) is 37.4. The van der Waals surface area contributed by atoms with Crippen molar-refractivity contribution in [2.24, 2.45) is 11.3 Å². The van der Waals surface area contributed by atoms with E-state index in [1.54, 1.807) is 6.07 Å². The lowest BCUT2D eigenvalue weighted by Crippen LogP contribution is -2.52. The minimum absolute atomic E-state index is 0.0157. The zero-order valence-electron chi connectivity index (χ0n) is 30.0. The minimum Gasteiger partial charge on any atom is -0.489 e. The van der Waals surface area contributed by atoms with Gasteiger partial charge in [-0.3, -0.25) is 0 Å². The third-order valence-electron chi connectivity index (χ3n) is 9.76. The maximum Gasteiger partial charge on any atom is 0.407 e. The van der Waals surface area contributed by atoms with Crippen molar-refractivity contribution in [3.8, 4) is 23.3 Å². The third-order valence-corrected chi connectivity index (χ3v) is 11.6. The molecule has 53 heavy (non-hydrogen) atoms. The minimum atomic E-state index is -4.20. The van der Waals surface area contributed by atoms with Crippen LogP contribution >= 0.6 is 0 Å². The SMILES string of the molecule is CC(C)(CCCC#N)CN(C[C@@H](O)[C@H](Cc1ccc(OCc2ccccc2)cc1)NC(=O)OC1CO[C@H]2OCC[C@@H]12)S(=O)(=O)c1ccc2c(c1)OCO2. The summed E-state index contributed by atoms with van der Waals surface area (Å²) in [6, 6.07) is 22.7. The summed E-state index contributed by atoms with van der Waals surface area (Å²) in [4.78, 5) is 13.4. The summed E-state index contributed by atoms with van der Waals surface area (Å²) < 4.78 is 63.7. The van der Waals surface area contributed by atoms with Crippen molar-refractivity contribution < 1.29 is 46.7 Å². The first-order valence-corrected chi connectivity index (χ1v) is 19.4. The molecule has 0 spiro atoms. The van der Waals surface area contributed by atoms with Crippen LogP contribution in [0.4, 0.5) is 4.79 Å². The van der Waals surface area contributed by atoms with Gasteiger partial charge in [0.25, 0.3) is 0 Å². The predicted molar refractivity (Wildman–Crippen MR) is 192 cm³/mol. The van der Waals surface area contributed by atoms with Crippen LogP contribution in [0.5, 0.6) is 17.2 Å². The van der Waals surface area contributed by atoms with E-state index in [1.165, 1.54) is 16.4 Å². The number of carbonyl (C=O) groups excluding carboxylic acids is 1. The Morgan fingerprint density at radius 3 is 2.60 bits per heavy atom. The van der Waals surface area contributed by atoms with Crippen molar-refractivity contribution in [1.29, 1.82) is 5.26 Å². The molecule has 2 saturated heterocycles. The average molecular weight is 750 g/mol. The number of alkyl carbamates (subject to hydrolysis) is 1. The van der Waals surface area contributed by atoms with Gasteiger partial charge in [0.2, 0.25) is 16.8 Å². The number of unbranched alkanes of at least 4 members (excludes halogenated alkanes) is 1. The number of sulfonamides is 1. The molecule has 3 aliphatic heterocycles. The van der Waals surface area contributed by atoms with Crippen LogP contribution in [0.25, 0.3) is 0 Å². The maximum atomic E-state index is 14.3. The normalized spacial score (nSPS) is 20.4. The van der Waals surface area contributed by atoms with E-state index in [1.807, 2.05) is 68.4 Å². The average Bonchev–Trinajstić information content (AvgIpc) is 3.90. The molecular weight excluding hydrogens is 703 g/mol. The molecule has 3 aromatic rings. The van der Waals surface area contributed by atoms with Gasteiger partial charge < -0.3 is 38.8 Å². The highest BCUT2D eigenvalue weighted by atomic mass is 32.2. The number of rotatable bonds is 17. The summed E-state index contributed by atoms with van der Waals surface area (Å²) in [6.07, 6.45) is -0.682. The molecule has 284 valence electrons. The molecular formula is C39H47N3O10S. The van der Waals surface area contributed by atoms with Gasteiger partial charge in [-0.2, -0.15) is 9.57 Å². The van der Waals surface area contributed by atoms with E-state index in [9.17, 15) is 18.3 Å². The van der Waals surface area contributed by atoms with Gasteiger partial charge >= 0.3 is 6.09 Å². The predicted octanol–water partition coefficient (Wildman–Crippen LogP) is 5.16. The fourth-order valence-corrected chi connectivity index (χ4v) is 8.51. The molecule has 14 heteroatoms. The van der Waals surface area contributed by atoms with Gasteiger partial charge in [-0.15, -0.1) is 0 Å². The van der Waals surface area contributed by atoms with E-state index in [0.717, 1.165) is 11.1 Å². The Labute approximate surface area is 310 Å². The number of hydrogen-bond acceptors (Lipinski definition) is 11. The summed E-state index contributed by atoms with van der Waals surface area (Å²) in [5, 5.41) is 23.9. The lowest BCUT2D eigenvalue weighted by Gasteiger charge is -2.35. The number of ether oxygens (including phenoxy) is 6. The van der Waals surface area contributed by atoms with Crippen LogP contribution in [-0.4, -0.2) is 81.6 Å².